The van der Waals surface area contributed by atoms with Gasteiger partial charge in [0, 0.05) is 44.3 Å². The van der Waals surface area contributed by atoms with Crippen LogP contribution < -0.4 is 5.73 Å². The highest BCUT2D eigenvalue weighted by Crippen LogP contribution is 2.33. The molecule has 0 amide bonds. The third-order valence-corrected chi connectivity index (χ3v) is 5.10. The Bertz CT molecular complexity index is 477. The van der Waals surface area contributed by atoms with E-state index in [1.165, 1.54) is 0 Å². The van der Waals surface area contributed by atoms with Crippen LogP contribution in [0.5, 0.6) is 0 Å². The van der Waals surface area contributed by atoms with Crippen molar-refractivity contribution in [3.63, 3.8) is 0 Å². The number of nitrogens with zero attached hydrogens (tertiary/aromatic N) is 2. The van der Waals surface area contributed by atoms with Gasteiger partial charge in [0.25, 0.3) is 0 Å². The molecule has 0 spiro atoms. The average molecular weight is 330 g/mol. The van der Waals surface area contributed by atoms with E-state index < -0.39 is 0 Å². The molecule has 0 bridgehead atoms. The van der Waals surface area contributed by atoms with Crippen LogP contribution in [0.25, 0.3) is 0 Å². The molecule has 5 heteroatoms. The van der Waals surface area contributed by atoms with Gasteiger partial charge in [-0.2, -0.15) is 0 Å². The molecule has 1 atom stereocenters. The van der Waals surface area contributed by atoms with E-state index in [-0.39, 0.29) is 11.6 Å². The molecule has 1 unspecified atom stereocenters. The molecule has 2 N–H and O–H groups in total. The van der Waals surface area contributed by atoms with Crippen LogP contribution >= 0.6 is 23.2 Å². The first-order chi connectivity index (χ1) is 9.84. The predicted molar refractivity (Wildman–Crippen MR) is 91.2 cm³/mol. The van der Waals surface area contributed by atoms with Crippen LogP contribution in [0.4, 0.5) is 0 Å². The quantitative estimate of drug-likeness (QED) is 0.922. The topological polar surface area (TPSA) is 32.5 Å². The summed E-state index contributed by atoms with van der Waals surface area (Å²) in [6.45, 7) is 11.4. The zero-order valence-corrected chi connectivity index (χ0v) is 14.6. The summed E-state index contributed by atoms with van der Waals surface area (Å²) in [5.74, 6) is 0. The summed E-state index contributed by atoms with van der Waals surface area (Å²) in [4.78, 5) is 4.93. The Labute approximate surface area is 138 Å². The summed E-state index contributed by atoms with van der Waals surface area (Å²) in [5.41, 5.74) is 7.28. The van der Waals surface area contributed by atoms with Crippen molar-refractivity contribution in [3.05, 3.63) is 33.8 Å². The maximum Gasteiger partial charge on any atom is 0.0640 e. The molecule has 2 rings (SSSR count). The largest absolute Gasteiger partial charge is 0.329 e. The summed E-state index contributed by atoms with van der Waals surface area (Å²) in [5, 5.41) is 1.23. The molecule has 21 heavy (non-hydrogen) atoms. The monoisotopic (exact) mass is 329 g/mol. The minimum Gasteiger partial charge on any atom is -0.329 e. The van der Waals surface area contributed by atoms with Gasteiger partial charge in [0.15, 0.2) is 0 Å². The molecule has 1 aliphatic rings. The number of benzene rings is 1. The van der Waals surface area contributed by atoms with Crippen LogP contribution in [0.1, 0.15) is 32.4 Å². The first-order valence-corrected chi connectivity index (χ1v) is 8.23. The standard InChI is InChI=1S/C16H25Cl2N3/c1-16(2,3)21-9-7-20(8-10-21)14(11-19)12-5-4-6-13(17)15(12)18/h4-6,14H,7-11,19H2,1-3H3. The lowest BCUT2D eigenvalue weighted by atomic mass is 10.0. The van der Waals surface area contributed by atoms with Gasteiger partial charge >= 0.3 is 0 Å². The third-order valence-electron chi connectivity index (χ3n) is 4.27. The van der Waals surface area contributed by atoms with Gasteiger partial charge in [-0.3, -0.25) is 9.80 Å². The highest BCUT2D eigenvalue weighted by molar-refractivity contribution is 6.42. The average Bonchev–Trinajstić information content (AvgIpc) is 2.44. The zero-order chi connectivity index (χ0) is 15.6. The lowest BCUT2D eigenvalue weighted by Gasteiger charge is -2.44. The zero-order valence-electron chi connectivity index (χ0n) is 13.1. The molecule has 1 aromatic rings. The number of piperazine rings is 1. The Kier molecular flexibility index (Phi) is 5.55. The molecule has 1 aromatic carbocycles. The van der Waals surface area contributed by atoms with Crippen molar-refractivity contribution >= 4 is 23.2 Å². The van der Waals surface area contributed by atoms with Gasteiger partial charge in [-0.05, 0) is 32.4 Å². The molecule has 0 saturated carbocycles. The van der Waals surface area contributed by atoms with Crippen LogP contribution in [0, 0.1) is 0 Å². The molecule has 0 radical (unpaired) electrons. The summed E-state index contributed by atoms with van der Waals surface area (Å²) in [7, 11) is 0. The van der Waals surface area contributed by atoms with Gasteiger partial charge in [-0.1, -0.05) is 35.3 Å². The number of halogens is 2. The molecule has 1 aliphatic heterocycles. The second-order valence-corrected chi connectivity index (χ2v) is 7.37. The number of nitrogens with two attached hydrogens (primary N) is 1. The normalized spacial score (nSPS) is 19.7. The minimum atomic E-state index is 0.137. The van der Waals surface area contributed by atoms with E-state index in [1.807, 2.05) is 18.2 Å². The molecule has 3 nitrogen and oxygen atoms in total. The molecule has 1 saturated heterocycles. The molecule has 1 fully saturated rings. The Balaban J connectivity index is 2.12. The summed E-state index contributed by atoms with van der Waals surface area (Å²) >= 11 is 12.5. The number of hydrogen-bond donors (Lipinski definition) is 1. The Morgan fingerprint density at radius 1 is 1.14 bits per heavy atom. The van der Waals surface area contributed by atoms with Gasteiger partial charge in [0.2, 0.25) is 0 Å². The summed E-state index contributed by atoms with van der Waals surface area (Å²) in [6, 6.07) is 5.93. The lowest BCUT2D eigenvalue weighted by molar-refractivity contribution is 0.0434. The van der Waals surface area contributed by atoms with Crippen LogP contribution in [-0.4, -0.2) is 48.1 Å². The van der Waals surface area contributed by atoms with Crippen molar-refractivity contribution in [2.45, 2.75) is 32.4 Å². The number of hydrogen-bond acceptors (Lipinski definition) is 3. The van der Waals surface area contributed by atoms with Crippen LogP contribution in [-0.2, 0) is 0 Å². The highest BCUT2D eigenvalue weighted by atomic mass is 35.5. The fraction of sp³-hybridized carbons (Fsp3) is 0.625. The van der Waals surface area contributed by atoms with Crippen molar-refractivity contribution in [3.8, 4) is 0 Å². The van der Waals surface area contributed by atoms with E-state index in [1.54, 1.807) is 0 Å². The lowest BCUT2D eigenvalue weighted by Crippen LogP contribution is -2.54. The van der Waals surface area contributed by atoms with Crippen LogP contribution in [0.3, 0.4) is 0 Å². The van der Waals surface area contributed by atoms with E-state index >= 15 is 0 Å². The van der Waals surface area contributed by atoms with Crippen molar-refractivity contribution in [2.75, 3.05) is 32.7 Å². The number of rotatable bonds is 3. The van der Waals surface area contributed by atoms with Gasteiger partial charge in [0.05, 0.1) is 10.0 Å². The Hall–Kier alpha value is -0.320. The fourth-order valence-corrected chi connectivity index (χ4v) is 3.39. The van der Waals surface area contributed by atoms with Gasteiger partial charge in [-0.15, -0.1) is 0 Å². The molecule has 0 aromatic heterocycles. The maximum atomic E-state index is 6.36. The SMILES string of the molecule is CC(C)(C)N1CCN(C(CN)c2cccc(Cl)c2Cl)CC1. The van der Waals surface area contributed by atoms with Crippen molar-refractivity contribution in [2.24, 2.45) is 5.73 Å². The molecule has 118 valence electrons. The fourth-order valence-electron chi connectivity index (χ4n) is 2.95. The van der Waals surface area contributed by atoms with Gasteiger partial charge in [0.1, 0.15) is 0 Å². The molecular formula is C16H25Cl2N3. The molecular weight excluding hydrogens is 305 g/mol. The predicted octanol–water partition coefficient (Wildman–Crippen LogP) is 3.41. The Morgan fingerprint density at radius 3 is 2.29 bits per heavy atom. The smallest absolute Gasteiger partial charge is 0.0640 e. The van der Waals surface area contributed by atoms with Crippen molar-refractivity contribution < 1.29 is 0 Å². The maximum absolute atomic E-state index is 6.36. The second kappa shape index (κ2) is 6.84. The van der Waals surface area contributed by atoms with Crippen molar-refractivity contribution in [1.29, 1.82) is 0 Å². The molecule has 1 heterocycles. The van der Waals surface area contributed by atoms with E-state index in [0.717, 1.165) is 31.7 Å². The van der Waals surface area contributed by atoms with Gasteiger partial charge in [-0.25, -0.2) is 0 Å². The van der Waals surface area contributed by atoms with Crippen LogP contribution in [0.2, 0.25) is 10.0 Å². The second-order valence-electron chi connectivity index (χ2n) is 6.59. The van der Waals surface area contributed by atoms with Crippen molar-refractivity contribution in [1.82, 2.24) is 9.80 Å². The molecule has 0 aliphatic carbocycles. The first-order valence-electron chi connectivity index (χ1n) is 7.47. The van der Waals surface area contributed by atoms with E-state index in [9.17, 15) is 0 Å². The highest BCUT2D eigenvalue weighted by Gasteiger charge is 2.30. The van der Waals surface area contributed by atoms with Gasteiger partial charge < -0.3 is 5.73 Å². The van der Waals surface area contributed by atoms with E-state index in [0.29, 0.717) is 16.6 Å². The first kappa shape index (κ1) is 17.0. The summed E-state index contributed by atoms with van der Waals surface area (Å²) in [6.07, 6.45) is 0. The Morgan fingerprint density at radius 2 is 1.76 bits per heavy atom. The van der Waals surface area contributed by atoms with E-state index in [2.05, 4.69) is 30.6 Å². The van der Waals surface area contributed by atoms with Crippen LogP contribution in [0.15, 0.2) is 18.2 Å². The summed E-state index contributed by atoms with van der Waals surface area (Å²) < 4.78 is 0. The van der Waals surface area contributed by atoms with E-state index in [4.69, 9.17) is 28.9 Å². The third kappa shape index (κ3) is 3.91. The minimum absolute atomic E-state index is 0.137.